The molecule has 1 aliphatic rings. The predicted octanol–water partition coefficient (Wildman–Crippen LogP) is 0.908. The molecule has 33 heavy (non-hydrogen) atoms. The zero-order valence-corrected chi connectivity index (χ0v) is 18.5. The number of hydrogen-bond donors (Lipinski definition) is 3. The van der Waals surface area contributed by atoms with Crippen LogP contribution in [-0.2, 0) is 16.3 Å². The molecule has 0 saturated carbocycles. The minimum Gasteiger partial charge on any atom is -0.165 e. The van der Waals surface area contributed by atoms with E-state index in [-0.39, 0.29) is 17.8 Å². The fourth-order valence-electron chi connectivity index (χ4n) is 3.18. The molecule has 13 nitrogen and oxygen atoms in total. The Morgan fingerprint density at radius 3 is 2.70 bits per heavy atom. The first-order valence-electron chi connectivity index (χ1n) is 9.63. The molecule has 3 heterocycles. The van der Waals surface area contributed by atoms with E-state index in [0.29, 0.717) is 17.3 Å². The smallest absolute Gasteiger partial charge is 0.165 e. The molecule has 1 atom stereocenters. The Labute approximate surface area is 187 Å². The normalized spacial score (nSPS) is 16.7. The Morgan fingerprint density at radius 1 is 1.30 bits per heavy atom. The van der Waals surface area contributed by atoms with Crippen molar-refractivity contribution in [3.63, 3.8) is 0 Å². The van der Waals surface area contributed by atoms with E-state index in [4.69, 9.17) is 19.4 Å². The van der Waals surface area contributed by atoms with Gasteiger partial charge >= 0.3 is 136 Å². The van der Waals surface area contributed by atoms with Crippen molar-refractivity contribution in [3.8, 4) is 11.1 Å². The Kier molecular flexibility index (Phi) is 6.19. The topological polar surface area (TPSA) is 159 Å². The third-order valence-corrected chi connectivity index (χ3v) is 5.36. The minimum absolute atomic E-state index is 0.0128. The molecular weight excluding hydrogens is 460 g/mol. The fourth-order valence-corrected chi connectivity index (χ4v) is 3.59. The number of nitrogens with zero attached hydrogens (tertiary/aromatic N) is 7. The van der Waals surface area contributed by atoms with Gasteiger partial charge in [-0.2, -0.15) is 4.80 Å². The molecule has 15 heteroatoms. The van der Waals surface area contributed by atoms with Crippen LogP contribution in [0.25, 0.3) is 11.1 Å². The Hall–Kier alpha value is -3.29. The molecule has 0 bridgehead atoms. The number of aryl methyl sites for hydroxylation is 1. The maximum atomic E-state index is 14.9. The number of amides is 1. The summed E-state index contributed by atoms with van der Waals surface area (Å²) >= 11 is 0. The van der Waals surface area contributed by atoms with E-state index >= 15 is 0 Å². The number of rotatable bonds is 7. The quantitative estimate of drug-likeness (QED) is 0.412. The van der Waals surface area contributed by atoms with Crippen LogP contribution in [0.4, 0.5) is 26.6 Å². The standard InChI is InChI=1S/C18H21FN7O6P/c1-24(17-21-23-25(2)22-17)16-6-3-11(8-20-16)14-5-4-12(7-15(14)19)26-9-13(32-18(26)27)10-31-33(28,29)30/h3-8,13,28-30,33H,9-10H2,1-2H3/t13-/m1/s1. The molecule has 3 aromatic rings. The van der Waals surface area contributed by atoms with Crippen molar-refractivity contribution in [1.82, 2.24) is 25.2 Å². The van der Waals surface area contributed by atoms with Gasteiger partial charge in [-0.15, -0.1) is 5.10 Å². The van der Waals surface area contributed by atoms with Gasteiger partial charge in [-0.3, -0.25) is 4.90 Å². The number of aromatic nitrogens is 5. The van der Waals surface area contributed by atoms with Crippen LogP contribution >= 0.6 is 8.17 Å². The number of ether oxygens (including phenoxy) is 1. The summed E-state index contributed by atoms with van der Waals surface area (Å²) in [5.41, 5.74) is 1.05. The monoisotopic (exact) mass is 481 g/mol. The van der Waals surface area contributed by atoms with Gasteiger partial charge in [0.2, 0.25) is 0 Å². The second-order valence-corrected chi connectivity index (χ2v) is 8.64. The third kappa shape index (κ3) is 5.21. The van der Waals surface area contributed by atoms with Crippen molar-refractivity contribution in [3.05, 3.63) is 42.3 Å². The first-order chi connectivity index (χ1) is 15.6. The van der Waals surface area contributed by atoms with Crippen LogP contribution in [0.2, 0.25) is 0 Å². The second kappa shape index (κ2) is 8.92. The van der Waals surface area contributed by atoms with Gasteiger partial charge in [0.15, 0.2) is 0 Å². The molecule has 3 N–H and O–H groups in total. The van der Waals surface area contributed by atoms with Gasteiger partial charge in [0.25, 0.3) is 5.95 Å². The number of pyridine rings is 1. The van der Waals surface area contributed by atoms with Crippen LogP contribution in [-0.4, -0.2) is 72.3 Å². The van der Waals surface area contributed by atoms with Crippen molar-refractivity contribution >= 4 is 31.7 Å². The van der Waals surface area contributed by atoms with Gasteiger partial charge in [0.05, 0.1) is 7.05 Å². The molecule has 0 radical (unpaired) electrons. The van der Waals surface area contributed by atoms with E-state index in [1.54, 1.807) is 37.2 Å². The van der Waals surface area contributed by atoms with E-state index in [1.165, 1.54) is 28.0 Å². The van der Waals surface area contributed by atoms with Gasteiger partial charge in [-0.25, -0.2) is 0 Å². The first-order valence-corrected chi connectivity index (χ1v) is 11.4. The van der Waals surface area contributed by atoms with Crippen LogP contribution in [0.15, 0.2) is 36.5 Å². The van der Waals surface area contributed by atoms with Crippen molar-refractivity contribution in [1.29, 1.82) is 0 Å². The zero-order valence-electron chi connectivity index (χ0n) is 17.5. The number of tetrazole rings is 1. The van der Waals surface area contributed by atoms with Crippen LogP contribution < -0.4 is 9.80 Å². The number of halogens is 1. The molecule has 0 aliphatic carbocycles. The number of cyclic esters (lactones) is 1. The summed E-state index contributed by atoms with van der Waals surface area (Å²) in [7, 11) is -1.35. The van der Waals surface area contributed by atoms with Crippen molar-refractivity contribution in [2.24, 2.45) is 7.05 Å². The van der Waals surface area contributed by atoms with Gasteiger partial charge in [0, 0.05) is 7.05 Å². The molecule has 1 fully saturated rings. The van der Waals surface area contributed by atoms with E-state index in [0.717, 1.165) is 0 Å². The Morgan fingerprint density at radius 2 is 2.09 bits per heavy atom. The average molecular weight is 481 g/mol. The summed E-state index contributed by atoms with van der Waals surface area (Å²) in [6.45, 7) is -0.420. The molecule has 0 spiro atoms. The summed E-state index contributed by atoms with van der Waals surface area (Å²) < 4.78 is 24.4. The average Bonchev–Trinajstić information content (AvgIpc) is 3.37. The molecule has 0 unspecified atom stereocenters. The summed E-state index contributed by atoms with van der Waals surface area (Å²) in [5.74, 6) is 0.322. The number of benzene rings is 1. The molecule has 1 saturated heterocycles. The maximum absolute atomic E-state index is 14.9. The van der Waals surface area contributed by atoms with Crippen molar-refractivity contribution in [2.45, 2.75) is 6.10 Å². The first kappa shape index (κ1) is 22.9. The Balaban J connectivity index is 1.47. The molecule has 2 aromatic heterocycles. The van der Waals surface area contributed by atoms with Crippen molar-refractivity contribution in [2.75, 3.05) is 30.0 Å². The number of carbonyl (C=O) groups excluding carboxylic acids is 1. The molecule has 1 amide bonds. The molecule has 1 aliphatic heterocycles. The van der Waals surface area contributed by atoms with Crippen LogP contribution in [0.1, 0.15) is 0 Å². The number of carbonyl (C=O) groups is 1. The van der Waals surface area contributed by atoms with Crippen LogP contribution in [0.5, 0.6) is 0 Å². The fraction of sp³-hybridized carbons (Fsp3) is 0.278. The van der Waals surface area contributed by atoms with E-state index in [9.17, 15) is 9.18 Å². The number of anilines is 3. The molecule has 4 rings (SSSR count). The Bertz CT molecular complexity index is 1160. The van der Waals surface area contributed by atoms with Gasteiger partial charge < -0.3 is 0 Å². The molecule has 1 aromatic carbocycles. The molecule has 176 valence electrons. The SMILES string of the molecule is CN(c1ccc(-c2ccc(N3C[C@H](CO[PH](O)(O)O)OC3=O)cc2F)cn1)c1nnn(C)n1. The van der Waals surface area contributed by atoms with Crippen LogP contribution in [0, 0.1) is 5.82 Å². The second-order valence-electron chi connectivity index (χ2n) is 7.21. The summed E-state index contributed by atoms with van der Waals surface area (Å²) in [5, 5.41) is 11.8. The van der Waals surface area contributed by atoms with Gasteiger partial charge in [-0.1, -0.05) is 5.10 Å². The van der Waals surface area contributed by atoms with Gasteiger partial charge in [-0.05, 0) is 5.21 Å². The summed E-state index contributed by atoms with van der Waals surface area (Å²) in [4.78, 5) is 47.3. The third-order valence-electron chi connectivity index (χ3n) is 4.80. The van der Waals surface area contributed by atoms with E-state index in [2.05, 4.69) is 24.9 Å². The van der Waals surface area contributed by atoms with Crippen molar-refractivity contribution < 1.29 is 33.1 Å². The zero-order chi connectivity index (χ0) is 23.8. The van der Waals surface area contributed by atoms with E-state index in [1.807, 2.05) is 0 Å². The number of hydrogen-bond acceptors (Lipinski definition) is 11. The summed E-state index contributed by atoms with van der Waals surface area (Å²) in [6, 6.07) is 7.63. The molecular formula is C18H21FN7O6P. The van der Waals surface area contributed by atoms with Crippen LogP contribution in [0.3, 0.4) is 0 Å². The predicted molar refractivity (Wildman–Crippen MR) is 115 cm³/mol. The summed E-state index contributed by atoms with van der Waals surface area (Å²) in [6.07, 6.45) is -0.0911. The van der Waals surface area contributed by atoms with Gasteiger partial charge in [0.1, 0.15) is 5.82 Å². The van der Waals surface area contributed by atoms with E-state index < -0.39 is 32.8 Å². The minimum atomic E-state index is -4.72.